The summed E-state index contributed by atoms with van der Waals surface area (Å²) in [5.74, 6) is 0.572. The molecule has 2 N–H and O–H groups in total. The Morgan fingerprint density at radius 2 is 1.96 bits per heavy atom. The topological polar surface area (TPSA) is 51.3 Å². The van der Waals surface area contributed by atoms with Crippen LogP contribution < -0.4 is 5.73 Å². The lowest BCUT2D eigenvalue weighted by atomic mass is 10.1. The molecule has 3 rings (SSSR count). The molecule has 1 amide bonds. The van der Waals surface area contributed by atoms with Gasteiger partial charge in [0, 0.05) is 30.5 Å². The summed E-state index contributed by atoms with van der Waals surface area (Å²) in [6, 6.07) is 12.7. The summed E-state index contributed by atoms with van der Waals surface area (Å²) in [5.41, 5.74) is 10.0. The van der Waals surface area contributed by atoms with Crippen LogP contribution in [0.3, 0.4) is 0 Å². The molecule has 1 aromatic carbocycles. The van der Waals surface area contributed by atoms with Gasteiger partial charge in [-0.3, -0.25) is 4.79 Å². The second-order valence-corrected chi connectivity index (χ2v) is 7.00. The number of carbonyl (C=O) groups excluding carboxylic acids is 1. The quantitative estimate of drug-likeness (QED) is 0.939. The van der Waals surface area contributed by atoms with Crippen molar-refractivity contribution in [1.82, 2.24) is 9.47 Å². The van der Waals surface area contributed by atoms with Crippen LogP contribution in [0.2, 0.25) is 0 Å². The third-order valence-corrected chi connectivity index (χ3v) is 5.24. The van der Waals surface area contributed by atoms with Crippen molar-refractivity contribution >= 4 is 5.91 Å². The van der Waals surface area contributed by atoms with Crippen molar-refractivity contribution in [3.8, 4) is 0 Å². The molecular weight excluding hydrogens is 298 g/mol. The van der Waals surface area contributed by atoms with Crippen molar-refractivity contribution in [1.29, 1.82) is 0 Å². The van der Waals surface area contributed by atoms with Crippen molar-refractivity contribution in [2.75, 3.05) is 13.1 Å². The number of hydrogen-bond acceptors (Lipinski definition) is 2. The van der Waals surface area contributed by atoms with Gasteiger partial charge in [0.25, 0.3) is 5.91 Å². The van der Waals surface area contributed by atoms with Crippen LogP contribution in [0.5, 0.6) is 0 Å². The Kier molecular flexibility index (Phi) is 4.76. The van der Waals surface area contributed by atoms with Crippen LogP contribution in [-0.4, -0.2) is 34.5 Å². The Labute approximate surface area is 144 Å². The van der Waals surface area contributed by atoms with E-state index in [0.717, 1.165) is 36.5 Å². The molecule has 2 aromatic rings. The first-order valence-corrected chi connectivity index (χ1v) is 8.73. The SMILES string of the molecule is Cc1cc(C(=O)N2CC(CN)CC2C)c(C)n1Cc1ccccc1. The summed E-state index contributed by atoms with van der Waals surface area (Å²) < 4.78 is 2.23. The summed E-state index contributed by atoms with van der Waals surface area (Å²) in [5, 5.41) is 0. The highest BCUT2D eigenvalue weighted by Gasteiger charge is 2.33. The van der Waals surface area contributed by atoms with Crippen LogP contribution in [0.25, 0.3) is 0 Å². The molecule has 4 heteroatoms. The van der Waals surface area contributed by atoms with Crippen molar-refractivity contribution in [3.05, 3.63) is 58.9 Å². The molecule has 0 spiro atoms. The van der Waals surface area contributed by atoms with Crippen LogP contribution in [-0.2, 0) is 6.54 Å². The minimum atomic E-state index is 0.144. The van der Waals surface area contributed by atoms with Crippen LogP contribution in [0.15, 0.2) is 36.4 Å². The Hall–Kier alpha value is -2.07. The van der Waals surface area contributed by atoms with Gasteiger partial charge in [-0.05, 0) is 51.3 Å². The Balaban J connectivity index is 1.85. The molecule has 4 nitrogen and oxygen atoms in total. The van der Waals surface area contributed by atoms with Crippen LogP contribution in [0, 0.1) is 19.8 Å². The number of benzene rings is 1. The van der Waals surface area contributed by atoms with E-state index in [9.17, 15) is 4.79 Å². The molecule has 2 atom stereocenters. The van der Waals surface area contributed by atoms with Gasteiger partial charge in [-0.2, -0.15) is 0 Å². The van der Waals surface area contributed by atoms with Crippen molar-refractivity contribution in [2.45, 2.75) is 39.8 Å². The van der Waals surface area contributed by atoms with Gasteiger partial charge in [0.2, 0.25) is 0 Å². The average molecular weight is 325 g/mol. The lowest BCUT2D eigenvalue weighted by molar-refractivity contribution is 0.0742. The van der Waals surface area contributed by atoms with Gasteiger partial charge < -0.3 is 15.2 Å². The van der Waals surface area contributed by atoms with E-state index in [4.69, 9.17) is 5.73 Å². The molecule has 0 radical (unpaired) electrons. The fraction of sp³-hybridized carbons (Fsp3) is 0.450. The smallest absolute Gasteiger partial charge is 0.255 e. The molecule has 2 unspecified atom stereocenters. The summed E-state index contributed by atoms with van der Waals surface area (Å²) in [4.78, 5) is 15.0. The molecule has 0 bridgehead atoms. The number of likely N-dealkylation sites (tertiary alicyclic amines) is 1. The van der Waals surface area contributed by atoms with Gasteiger partial charge >= 0.3 is 0 Å². The Morgan fingerprint density at radius 1 is 1.25 bits per heavy atom. The molecule has 1 aromatic heterocycles. The molecule has 2 heterocycles. The zero-order chi connectivity index (χ0) is 17.3. The van der Waals surface area contributed by atoms with Gasteiger partial charge in [-0.25, -0.2) is 0 Å². The minimum absolute atomic E-state index is 0.144. The highest BCUT2D eigenvalue weighted by molar-refractivity contribution is 5.96. The van der Waals surface area contributed by atoms with E-state index in [2.05, 4.69) is 42.7 Å². The van der Waals surface area contributed by atoms with Crippen molar-refractivity contribution in [2.24, 2.45) is 11.7 Å². The fourth-order valence-corrected chi connectivity index (χ4v) is 3.78. The third kappa shape index (κ3) is 3.11. The zero-order valence-corrected chi connectivity index (χ0v) is 14.8. The summed E-state index contributed by atoms with van der Waals surface area (Å²) in [6.45, 7) is 8.47. The van der Waals surface area contributed by atoms with Gasteiger partial charge in [-0.15, -0.1) is 0 Å². The van der Waals surface area contributed by atoms with Crippen LogP contribution in [0.1, 0.15) is 40.7 Å². The number of aryl methyl sites for hydroxylation is 1. The summed E-state index contributed by atoms with van der Waals surface area (Å²) in [7, 11) is 0. The lowest BCUT2D eigenvalue weighted by Gasteiger charge is -2.21. The molecule has 1 aliphatic heterocycles. The van der Waals surface area contributed by atoms with E-state index >= 15 is 0 Å². The van der Waals surface area contributed by atoms with E-state index in [1.54, 1.807) is 0 Å². The number of amides is 1. The average Bonchev–Trinajstić information content (AvgIpc) is 3.10. The number of nitrogens with two attached hydrogens (primary N) is 1. The van der Waals surface area contributed by atoms with Crippen molar-refractivity contribution < 1.29 is 4.79 Å². The normalized spacial score (nSPS) is 20.6. The molecule has 1 fully saturated rings. The van der Waals surface area contributed by atoms with E-state index in [0.29, 0.717) is 12.5 Å². The van der Waals surface area contributed by atoms with Crippen LogP contribution in [0.4, 0.5) is 0 Å². The number of aromatic nitrogens is 1. The molecule has 1 saturated heterocycles. The van der Waals surface area contributed by atoms with E-state index in [1.165, 1.54) is 5.56 Å². The predicted octanol–water partition coefficient (Wildman–Crippen LogP) is 2.96. The molecule has 1 aliphatic rings. The van der Waals surface area contributed by atoms with E-state index < -0.39 is 0 Å². The predicted molar refractivity (Wildman–Crippen MR) is 97.1 cm³/mol. The standard InChI is InChI=1S/C20H27N3O/c1-14-9-18(11-21)13-23(14)20(24)19-10-15(2)22(16(19)3)12-17-7-5-4-6-8-17/h4-8,10,14,18H,9,11-13,21H2,1-3H3. The number of carbonyl (C=O) groups is 1. The maximum absolute atomic E-state index is 13.0. The van der Waals surface area contributed by atoms with Gasteiger partial charge in [0.1, 0.15) is 0 Å². The summed E-state index contributed by atoms with van der Waals surface area (Å²) in [6.07, 6.45) is 1.00. The maximum atomic E-state index is 13.0. The molecule has 0 saturated carbocycles. The Morgan fingerprint density at radius 3 is 2.58 bits per heavy atom. The van der Waals surface area contributed by atoms with Crippen LogP contribution >= 0.6 is 0 Å². The lowest BCUT2D eigenvalue weighted by Crippen LogP contribution is -2.34. The minimum Gasteiger partial charge on any atom is -0.344 e. The second kappa shape index (κ2) is 6.81. The maximum Gasteiger partial charge on any atom is 0.255 e. The molecule has 0 aliphatic carbocycles. The summed E-state index contributed by atoms with van der Waals surface area (Å²) >= 11 is 0. The molecule has 128 valence electrons. The van der Waals surface area contributed by atoms with Gasteiger partial charge in [-0.1, -0.05) is 30.3 Å². The zero-order valence-electron chi connectivity index (χ0n) is 14.8. The monoisotopic (exact) mass is 325 g/mol. The number of rotatable bonds is 4. The van der Waals surface area contributed by atoms with Crippen molar-refractivity contribution in [3.63, 3.8) is 0 Å². The first-order valence-electron chi connectivity index (χ1n) is 8.73. The molecule has 24 heavy (non-hydrogen) atoms. The van der Waals surface area contributed by atoms with Gasteiger partial charge in [0.05, 0.1) is 5.56 Å². The second-order valence-electron chi connectivity index (χ2n) is 7.00. The largest absolute Gasteiger partial charge is 0.344 e. The van der Waals surface area contributed by atoms with Gasteiger partial charge in [0.15, 0.2) is 0 Å². The number of nitrogens with zero attached hydrogens (tertiary/aromatic N) is 2. The molecular formula is C20H27N3O. The highest BCUT2D eigenvalue weighted by atomic mass is 16.2. The Bertz CT molecular complexity index is 720. The highest BCUT2D eigenvalue weighted by Crippen LogP contribution is 2.26. The number of hydrogen-bond donors (Lipinski definition) is 1. The first-order chi connectivity index (χ1) is 11.5. The van der Waals surface area contributed by atoms with E-state index in [1.807, 2.05) is 24.0 Å². The first kappa shape index (κ1) is 16.8. The fourth-order valence-electron chi connectivity index (χ4n) is 3.78. The third-order valence-electron chi connectivity index (χ3n) is 5.24. The van der Waals surface area contributed by atoms with E-state index in [-0.39, 0.29) is 11.9 Å².